The molecular weight excluding hydrogens is 403 g/mol. The summed E-state index contributed by atoms with van der Waals surface area (Å²) in [6, 6.07) is 9.30. The maximum atomic E-state index is 12.8. The van der Waals surface area contributed by atoms with Crippen LogP contribution in [-0.4, -0.2) is 20.2 Å². The average Bonchev–Trinajstić information content (AvgIpc) is 2.57. The van der Waals surface area contributed by atoms with E-state index in [1.54, 1.807) is 18.2 Å². The number of rotatable bonds is 4. The number of aromatic nitrogens is 2. The lowest BCUT2D eigenvalue weighted by Crippen LogP contribution is -2.41. The monoisotopic (exact) mass is 412 g/mol. The second kappa shape index (κ2) is 7.15. The van der Waals surface area contributed by atoms with Gasteiger partial charge in [0.2, 0.25) is 0 Å². The van der Waals surface area contributed by atoms with Gasteiger partial charge < -0.3 is 5.11 Å². The predicted octanol–water partition coefficient (Wildman–Crippen LogP) is 3.26. The number of nitrogens with zero attached hydrogens (tertiary/aromatic N) is 2. The van der Waals surface area contributed by atoms with Gasteiger partial charge >= 0.3 is 11.7 Å². The molecule has 0 amide bonds. The second-order valence-electron chi connectivity index (χ2n) is 5.55. The molecular formula is C17H11Cl3N2O4. The van der Waals surface area contributed by atoms with Crippen molar-refractivity contribution in [2.45, 2.75) is 13.1 Å². The third kappa shape index (κ3) is 3.49. The molecule has 0 saturated heterocycles. The maximum Gasteiger partial charge on any atom is 0.332 e. The number of hydrogen-bond donors (Lipinski definition) is 1. The summed E-state index contributed by atoms with van der Waals surface area (Å²) in [5.41, 5.74) is -0.543. The minimum Gasteiger partial charge on any atom is -0.480 e. The van der Waals surface area contributed by atoms with Crippen molar-refractivity contribution < 1.29 is 9.90 Å². The van der Waals surface area contributed by atoms with Crippen molar-refractivity contribution >= 4 is 51.7 Å². The van der Waals surface area contributed by atoms with Crippen LogP contribution in [0.4, 0.5) is 0 Å². The molecule has 9 heteroatoms. The molecule has 0 spiro atoms. The van der Waals surface area contributed by atoms with E-state index < -0.39 is 23.8 Å². The maximum absolute atomic E-state index is 12.8. The van der Waals surface area contributed by atoms with E-state index in [1.807, 2.05) is 0 Å². The number of carboxylic acid groups (broad SMARTS) is 1. The first kappa shape index (κ1) is 18.5. The average molecular weight is 414 g/mol. The molecule has 0 radical (unpaired) electrons. The highest BCUT2D eigenvalue weighted by atomic mass is 35.5. The summed E-state index contributed by atoms with van der Waals surface area (Å²) in [4.78, 5) is 36.4. The summed E-state index contributed by atoms with van der Waals surface area (Å²) in [6.45, 7) is -0.721. The van der Waals surface area contributed by atoms with Crippen LogP contribution in [0.25, 0.3) is 10.9 Å². The largest absolute Gasteiger partial charge is 0.480 e. The number of benzene rings is 2. The van der Waals surface area contributed by atoms with Crippen LogP contribution in [0.2, 0.25) is 15.1 Å². The van der Waals surface area contributed by atoms with Gasteiger partial charge in [-0.15, -0.1) is 0 Å². The number of fused-ring (bicyclic) bond motifs is 1. The van der Waals surface area contributed by atoms with Gasteiger partial charge in [0, 0.05) is 15.1 Å². The van der Waals surface area contributed by atoms with Crippen LogP contribution in [0.3, 0.4) is 0 Å². The third-order valence-electron chi connectivity index (χ3n) is 3.82. The summed E-state index contributed by atoms with van der Waals surface area (Å²) in [5.74, 6) is -1.30. The molecule has 0 saturated carbocycles. The van der Waals surface area contributed by atoms with Crippen molar-refractivity contribution in [2.24, 2.45) is 0 Å². The van der Waals surface area contributed by atoms with Gasteiger partial charge in [-0.2, -0.15) is 0 Å². The summed E-state index contributed by atoms with van der Waals surface area (Å²) >= 11 is 18.0. The second-order valence-corrected chi connectivity index (χ2v) is 6.83. The Bertz CT molecular complexity index is 1150. The lowest BCUT2D eigenvalue weighted by Gasteiger charge is -2.14. The summed E-state index contributed by atoms with van der Waals surface area (Å²) < 4.78 is 1.94. The fraction of sp³-hybridized carbons (Fsp3) is 0.118. The smallest absolute Gasteiger partial charge is 0.332 e. The Hall–Kier alpha value is -2.28. The van der Waals surface area contributed by atoms with Crippen LogP contribution in [0.5, 0.6) is 0 Å². The van der Waals surface area contributed by atoms with Gasteiger partial charge in [-0.05, 0) is 35.9 Å². The summed E-state index contributed by atoms with van der Waals surface area (Å²) in [7, 11) is 0. The minimum atomic E-state index is -1.30. The Morgan fingerprint density at radius 1 is 0.962 bits per heavy atom. The Morgan fingerprint density at radius 2 is 1.62 bits per heavy atom. The molecule has 0 aliphatic carbocycles. The van der Waals surface area contributed by atoms with Gasteiger partial charge in [0.1, 0.15) is 6.54 Å². The molecule has 3 rings (SSSR count). The molecule has 6 nitrogen and oxygen atoms in total. The van der Waals surface area contributed by atoms with Crippen LogP contribution in [0.15, 0.2) is 46.0 Å². The molecule has 3 aromatic rings. The van der Waals surface area contributed by atoms with Gasteiger partial charge in [0.25, 0.3) is 5.56 Å². The SMILES string of the molecule is O=C(O)Cn1c(=O)c2cc(Cl)ccc2n(Cc2ccc(Cl)cc2Cl)c1=O. The number of hydrogen-bond acceptors (Lipinski definition) is 3. The highest BCUT2D eigenvalue weighted by Crippen LogP contribution is 2.23. The van der Waals surface area contributed by atoms with E-state index in [9.17, 15) is 14.4 Å². The van der Waals surface area contributed by atoms with E-state index >= 15 is 0 Å². The standard InChI is InChI=1S/C17H11Cl3N2O4/c18-10-3-4-14-12(5-10)16(25)22(8-15(23)24)17(26)21(14)7-9-1-2-11(19)6-13(9)20/h1-6H,7-8H2,(H,23,24). The zero-order chi connectivity index (χ0) is 19.0. The first-order valence-electron chi connectivity index (χ1n) is 7.36. The lowest BCUT2D eigenvalue weighted by atomic mass is 10.2. The van der Waals surface area contributed by atoms with Crippen LogP contribution in [0.1, 0.15) is 5.56 Å². The van der Waals surface area contributed by atoms with Crippen molar-refractivity contribution in [1.29, 1.82) is 0 Å². The molecule has 1 heterocycles. The first-order valence-corrected chi connectivity index (χ1v) is 8.50. The van der Waals surface area contributed by atoms with Crippen molar-refractivity contribution in [3.63, 3.8) is 0 Å². The molecule has 0 aliphatic heterocycles. The molecule has 0 atom stereocenters. The lowest BCUT2D eigenvalue weighted by molar-refractivity contribution is -0.137. The fourth-order valence-corrected chi connectivity index (χ4v) is 3.28. The Morgan fingerprint density at radius 3 is 2.27 bits per heavy atom. The van der Waals surface area contributed by atoms with E-state index in [1.165, 1.54) is 22.8 Å². The van der Waals surface area contributed by atoms with Crippen LogP contribution < -0.4 is 11.2 Å². The highest BCUT2D eigenvalue weighted by Gasteiger charge is 2.16. The van der Waals surface area contributed by atoms with Gasteiger partial charge in [-0.1, -0.05) is 40.9 Å². The van der Waals surface area contributed by atoms with Crippen molar-refractivity contribution in [3.8, 4) is 0 Å². The Balaban J connectivity index is 2.31. The molecule has 26 heavy (non-hydrogen) atoms. The first-order chi connectivity index (χ1) is 12.3. The zero-order valence-electron chi connectivity index (χ0n) is 13.1. The molecule has 0 fully saturated rings. The van der Waals surface area contributed by atoms with Gasteiger partial charge in [0.05, 0.1) is 17.4 Å². The fourth-order valence-electron chi connectivity index (χ4n) is 2.64. The Kier molecular flexibility index (Phi) is 5.09. The molecule has 2 aromatic carbocycles. The summed E-state index contributed by atoms with van der Waals surface area (Å²) in [6.07, 6.45) is 0. The quantitative estimate of drug-likeness (QED) is 0.712. The predicted molar refractivity (Wildman–Crippen MR) is 101 cm³/mol. The van der Waals surface area contributed by atoms with Crippen LogP contribution >= 0.6 is 34.8 Å². The van der Waals surface area contributed by atoms with E-state index in [2.05, 4.69) is 0 Å². The minimum absolute atomic E-state index is 0.0346. The van der Waals surface area contributed by atoms with Gasteiger partial charge in [0.15, 0.2) is 0 Å². The van der Waals surface area contributed by atoms with Crippen molar-refractivity contribution in [3.05, 3.63) is 77.9 Å². The van der Waals surface area contributed by atoms with Gasteiger partial charge in [-0.3, -0.25) is 14.2 Å². The number of carboxylic acids is 1. The van der Waals surface area contributed by atoms with Crippen molar-refractivity contribution in [2.75, 3.05) is 0 Å². The van der Waals surface area contributed by atoms with Crippen LogP contribution in [-0.2, 0) is 17.9 Å². The Labute approximate surface area is 161 Å². The third-order valence-corrected chi connectivity index (χ3v) is 4.65. The highest BCUT2D eigenvalue weighted by molar-refractivity contribution is 6.35. The number of carbonyl (C=O) groups is 1. The van der Waals surface area contributed by atoms with E-state index in [-0.39, 0.29) is 11.9 Å². The topological polar surface area (TPSA) is 81.3 Å². The van der Waals surface area contributed by atoms with E-state index in [0.29, 0.717) is 30.7 Å². The van der Waals surface area contributed by atoms with Crippen LogP contribution in [0, 0.1) is 0 Å². The normalized spacial score (nSPS) is 11.0. The molecule has 1 aromatic heterocycles. The van der Waals surface area contributed by atoms with Crippen molar-refractivity contribution in [1.82, 2.24) is 9.13 Å². The molecule has 1 N–H and O–H groups in total. The number of halogens is 3. The number of aliphatic carboxylic acids is 1. The van der Waals surface area contributed by atoms with Gasteiger partial charge in [-0.25, -0.2) is 9.36 Å². The molecule has 0 bridgehead atoms. The molecule has 0 aliphatic rings. The van der Waals surface area contributed by atoms with E-state index in [4.69, 9.17) is 39.9 Å². The molecule has 0 unspecified atom stereocenters. The zero-order valence-corrected chi connectivity index (χ0v) is 15.3. The van der Waals surface area contributed by atoms with E-state index in [0.717, 1.165) is 0 Å². The molecule has 134 valence electrons. The summed E-state index contributed by atoms with van der Waals surface area (Å²) in [5, 5.41) is 10.3.